The third kappa shape index (κ3) is 5.03. The lowest BCUT2D eigenvalue weighted by Crippen LogP contribution is -2.37. The Morgan fingerprint density at radius 2 is 1.54 bits per heavy atom. The van der Waals surface area contributed by atoms with E-state index in [2.05, 4.69) is 18.2 Å². The number of hydrogen-bond donors (Lipinski definition) is 0. The number of halogens is 5. The maximum absolute atomic E-state index is 13.9. The fourth-order valence-corrected chi connectivity index (χ4v) is 3.84. The first-order valence-electron chi connectivity index (χ1n) is 9.31. The van der Waals surface area contributed by atoms with E-state index in [-0.39, 0.29) is 17.1 Å². The topological polar surface area (TPSA) is 27.7 Å². The van der Waals surface area contributed by atoms with E-state index < -0.39 is 30.0 Å². The predicted molar refractivity (Wildman–Crippen MR) is 92.4 cm³/mol. The molecule has 28 heavy (non-hydrogen) atoms. The standard InChI is InChI=1S/C20H23F5O3/c1-11-3-5-13(6-4-11)15-9-26-19(27-10-15)12(2)14-7-16(21)18(17(22)8-14)28-20(23,24)25/h7-8,11,13,15,19H,2-6,9-10H2,1H3. The van der Waals surface area contributed by atoms with Gasteiger partial charge in [0.05, 0.1) is 13.2 Å². The molecule has 3 nitrogen and oxygen atoms in total. The minimum atomic E-state index is -5.19. The van der Waals surface area contributed by atoms with Gasteiger partial charge in [0.1, 0.15) is 0 Å². The van der Waals surface area contributed by atoms with Gasteiger partial charge in [0.25, 0.3) is 0 Å². The molecule has 1 aromatic carbocycles. The SMILES string of the molecule is C=C(c1cc(F)c(OC(F)(F)F)c(F)c1)C1OCC(C2CCC(C)CC2)CO1. The van der Waals surface area contributed by atoms with Crippen molar-refractivity contribution >= 4 is 5.57 Å². The second-order valence-electron chi connectivity index (χ2n) is 7.62. The van der Waals surface area contributed by atoms with Crippen LogP contribution in [0.15, 0.2) is 18.7 Å². The van der Waals surface area contributed by atoms with Crippen molar-refractivity contribution in [3.63, 3.8) is 0 Å². The summed E-state index contributed by atoms with van der Waals surface area (Å²) in [6.45, 7) is 6.87. The minimum Gasteiger partial charge on any atom is -0.399 e. The van der Waals surface area contributed by atoms with Crippen LogP contribution in [0.2, 0.25) is 0 Å². The number of alkyl halides is 3. The molecule has 2 aliphatic rings. The lowest BCUT2D eigenvalue weighted by molar-refractivity contribution is -0.276. The first-order valence-corrected chi connectivity index (χ1v) is 9.31. The van der Waals surface area contributed by atoms with Crippen molar-refractivity contribution in [1.82, 2.24) is 0 Å². The Labute approximate surface area is 160 Å². The summed E-state index contributed by atoms with van der Waals surface area (Å²) in [5.74, 6) is -2.92. The van der Waals surface area contributed by atoms with Gasteiger partial charge in [-0.3, -0.25) is 0 Å². The molecule has 1 aliphatic heterocycles. The molecule has 0 amide bonds. The quantitative estimate of drug-likeness (QED) is 0.601. The van der Waals surface area contributed by atoms with Crippen molar-refractivity contribution in [2.75, 3.05) is 13.2 Å². The predicted octanol–water partition coefficient (Wildman–Crippen LogP) is 5.69. The molecule has 0 spiro atoms. The van der Waals surface area contributed by atoms with Gasteiger partial charge in [-0.25, -0.2) is 8.78 Å². The monoisotopic (exact) mass is 406 g/mol. The highest BCUT2D eigenvalue weighted by molar-refractivity contribution is 5.66. The maximum Gasteiger partial charge on any atom is 0.573 e. The zero-order valence-corrected chi connectivity index (χ0v) is 15.5. The zero-order chi connectivity index (χ0) is 20.5. The fraction of sp³-hybridized carbons (Fsp3) is 0.600. The van der Waals surface area contributed by atoms with E-state index in [0.717, 1.165) is 30.9 Å². The molecule has 1 aliphatic carbocycles. The largest absolute Gasteiger partial charge is 0.573 e. The molecular formula is C20H23F5O3. The lowest BCUT2D eigenvalue weighted by Gasteiger charge is -2.37. The number of benzene rings is 1. The van der Waals surface area contributed by atoms with Crippen LogP contribution in [-0.4, -0.2) is 25.9 Å². The van der Waals surface area contributed by atoms with Gasteiger partial charge in [0.2, 0.25) is 5.75 Å². The van der Waals surface area contributed by atoms with Crippen LogP contribution in [0, 0.1) is 29.4 Å². The van der Waals surface area contributed by atoms with Gasteiger partial charge in [-0.2, -0.15) is 0 Å². The highest BCUT2D eigenvalue weighted by atomic mass is 19.4. The highest BCUT2D eigenvalue weighted by Crippen LogP contribution is 2.37. The molecule has 3 rings (SSSR count). The van der Waals surface area contributed by atoms with E-state index in [0.29, 0.717) is 19.1 Å². The second kappa shape index (κ2) is 8.37. The molecule has 0 bridgehead atoms. The van der Waals surface area contributed by atoms with Crippen molar-refractivity contribution in [2.45, 2.75) is 45.3 Å². The van der Waals surface area contributed by atoms with Crippen LogP contribution >= 0.6 is 0 Å². The van der Waals surface area contributed by atoms with E-state index in [9.17, 15) is 22.0 Å². The van der Waals surface area contributed by atoms with E-state index in [1.165, 1.54) is 12.8 Å². The average molecular weight is 406 g/mol. The summed E-state index contributed by atoms with van der Waals surface area (Å²) < 4.78 is 79.4. The molecule has 8 heteroatoms. The van der Waals surface area contributed by atoms with Gasteiger partial charge in [0, 0.05) is 11.5 Å². The molecule has 1 saturated heterocycles. The summed E-state index contributed by atoms with van der Waals surface area (Å²) in [6, 6.07) is 1.46. The Morgan fingerprint density at radius 1 is 1.00 bits per heavy atom. The summed E-state index contributed by atoms with van der Waals surface area (Å²) in [4.78, 5) is 0. The molecule has 1 aromatic rings. The van der Waals surface area contributed by atoms with E-state index in [1.807, 2.05) is 0 Å². The lowest BCUT2D eigenvalue weighted by atomic mass is 9.76. The Bertz CT molecular complexity index is 679. The van der Waals surface area contributed by atoms with Gasteiger partial charge in [-0.05, 0) is 42.4 Å². The molecule has 0 atom stereocenters. The molecular weight excluding hydrogens is 383 g/mol. The zero-order valence-electron chi connectivity index (χ0n) is 15.5. The van der Waals surface area contributed by atoms with Gasteiger partial charge >= 0.3 is 6.36 Å². The van der Waals surface area contributed by atoms with Crippen LogP contribution in [-0.2, 0) is 9.47 Å². The Morgan fingerprint density at radius 3 is 2.04 bits per heavy atom. The van der Waals surface area contributed by atoms with Crippen LogP contribution in [0.25, 0.3) is 5.57 Å². The summed E-state index contributed by atoms with van der Waals surface area (Å²) in [6.07, 6.45) is -1.47. The van der Waals surface area contributed by atoms with Crippen molar-refractivity contribution in [3.05, 3.63) is 35.9 Å². The molecule has 1 saturated carbocycles. The van der Waals surface area contributed by atoms with Crippen LogP contribution < -0.4 is 4.74 Å². The minimum absolute atomic E-state index is 0.0422. The third-order valence-corrected chi connectivity index (χ3v) is 5.52. The molecule has 156 valence electrons. The summed E-state index contributed by atoms with van der Waals surface area (Å²) in [5.41, 5.74) is 0.103. The Balaban J connectivity index is 1.62. The van der Waals surface area contributed by atoms with Crippen LogP contribution in [0.3, 0.4) is 0 Å². The van der Waals surface area contributed by atoms with Gasteiger partial charge < -0.3 is 14.2 Å². The second-order valence-corrected chi connectivity index (χ2v) is 7.62. The Hall–Kier alpha value is -1.67. The summed E-state index contributed by atoms with van der Waals surface area (Å²) in [5, 5.41) is 0. The van der Waals surface area contributed by atoms with E-state index in [4.69, 9.17) is 9.47 Å². The van der Waals surface area contributed by atoms with Crippen LogP contribution in [0.1, 0.15) is 38.2 Å². The third-order valence-electron chi connectivity index (χ3n) is 5.52. The molecule has 0 radical (unpaired) electrons. The molecule has 0 N–H and O–H groups in total. The summed E-state index contributed by atoms with van der Waals surface area (Å²) in [7, 11) is 0. The number of hydrogen-bond acceptors (Lipinski definition) is 3. The fourth-order valence-electron chi connectivity index (χ4n) is 3.84. The molecule has 2 fully saturated rings. The van der Waals surface area contributed by atoms with Gasteiger partial charge in [0.15, 0.2) is 17.9 Å². The van der Waals surface area contributed by atoms with Crippen LogP contribution in [0.4, 0.5) is 22.0 Å². The smallest absolute Gasteiger partial charge is 0.399 e. The molecule has 1 heterocycles. The number of ether oxygens (including phenoxy) is 3. The van der Waals surface area contributed by atoms with E-state index >= 15 is 0 Å². The van der Waals surface area contributed by atoms with Crippen molar-refractivity contribution in [1.29, 1.82) is 0 Å². The van der Waals surface area contributed by atoms with Crippen molar-refractivity contribution in [2.24, 2.45) is 17.8 Å². The molecule has 0 aromatic heterocycles. The first-order chi connectivity index (χ1) is 13.1. The maximum atomic E-state index is 13.9. The van der Waals surface area contributed by atoms with Crippen molar-refractivity contribution in [3.8, 4) is 5.75 Å². The Kier molecular flexibility index (Phi) is 6.29. The first kappa shape index (κ1) is 21.0. The van der Waals surface area contributed by atoms with E-state index in [1.54, 1.807) is 0 Å². The molecule has 0 unspecified atom stereocenters. The summed E-state index contributed by atoms with van der Waals surface area (Å²) >= 11 is 0. The average Bonchev–Trinajstić information content (AvgIpc) is 2.64. The normalized spacial score (nSPS) is 28.8. The van der Waals surface area contributed by atoms with Gasteiger partial charge in [-0.15, -0.1) is 13.2 Å². The van der Waals surface area contributed by atoms with Gasteiger partial charge in [-0.1, -0.05) is 26.3 Å². The van der Waals surface area contributed by atoms with Crippen LogP contribution in [0.5, 0.6) is 5.75 Å². The van der Waals surface area contributed by atoms with Crippen molar-refractivity contribution < 1.29 is 36.2 Å². The number of rotatable bonds is 4. The highest BCUT2D eigenvalue weighted by Gasteiger charge is 2.35.